The van der Waals surface area contributed by atoms with Crippen LogP contribution in [0.4, 0.5) is 11.4 Å². The lowest BCUT2D eigenvalue weighted by Crippen LogP contribution is -2.20. The molecule has 0 fully saturated rings. The summed E-state index contributed by atoms with van der Waals surface area (Å²) in [5.41, 5.74) is 0.597. The molecular formula is C15H13Cl3N2O3. The van der Waals surface area contributed by atoms with Crippen molar-refractivity contribution in [2.75, 3.05) is 11.9 Å². The number of carbonyl (C=O) groups is 1. The molecule has 23 heavy (non-hydrogen) atoms. The summed E-state index contributed by atoms with van der Waals surface area (Å²) in [5.74, 6) is -0.554. The van der Waals surface area contributed by atoms with Gasteiger partial charge in [-0.25, -0.2) is 4.79 Å². The van der Waals surface area contributed by atoms with Gasteiger partial charge in [0.25, 0.3) is 5.56 Å². The standard InChI is InChI=1S/C15H13Cl3N2O3/c1-3-23-15(22)8-7-20(2)12(21)6-11(8)19-10-5-4-9(16)13(17)14(10)18/h4-7,19H,3H2,1-2H3. The SMILES string of the molecule is CCOC(=O)c1cn(C)c(=O)cc1Nc1ccc(Cl)c(Cl)c1Cl. The van der Waals surface area contributed by atoms with Gasteiger partial charge in [0, 0.05) is 19.3 Å². The van der Waals surface area contributed by atoms with E-state index in [1.165, 1.54) is 16.8 Å². The number of ether oxygens (including phenoxy) is 1. The predicted octanol–water partition coefficient (Wildman–Crippen LogP) is 4.27. The van der Waals surface area contributed by atoms with Crippen LogP contribution in [0, 0.1) is 0 Å². The van der Waals surface area contributed by atoms with Crippen molar-refractivity contribution < 1.29 is 9.53 Å². The Morgan fingerprint density at radius 1 is 1.22 bits per heavy atom. The highest BCUT2D eigenvalue weighted by Gasteiger charge is 2.17. The van der Waals surface area contributed by atoms with Crippen molar-refractivity contribution >= 4 is 52.1 Å². The van der Waals surface area contributed by atoms with Gasteiger partial charge in [0.2, 0.25) is 0 Å². The smallest absolute Gasteiger partial charge is 0.341 e. The topological polar surface area (TPSA) is 60.3 Å². The third kappa shape index (κ3) is 3.80. The Hall–Kier alpha value is -1.69. The van der Waals surface area contributed by atoms with Crippen LogP contribution < -0.4 is 10.9 Å². The Labute approximate surface area is 147 Å². The molecule has 0 atom stereocenters. The maximum absolute atomic E-state index is 12.1. The first kappa shape index (κ1) is 17.7. The fraction of sp³-hybridized carbons (Fsp3) is 0.200. The molecule has 0 aliphatic carbocycles. The van der Waals surface area contributed by atoms with Crippen molar-refractivity contribution in [3.8, 4) is 0 Å². The minimum absolute atomic E-state index is 0.180. The molecule has 2 aromatic rings. The second kappa shape index (κ2) is 7.25. The van der Waals surface area contributed by atoms with Gasteiger partial charge in [-0.1, -0.05) is 34.8 Å². The zero-order valence-corrected chi connectivity index (χ0v) is 14.6. The lowest BCUT2D eigenvalue weighted by atomic mass is 10.2. The van der Waals surface area contributed by atoms with Gasteiger partial charge >= 0.3 is 5.97 Å². The Morgan fingerprint density at radius 3 is 2.57 bits per heavy atom. The quantitative estimate of drug-likeness (QED) is 0.640. The van der Waals surface area contributed by atoms with Crippen LogP contribution >= 0.6 is 34.8 Å². The number of anilines is 2. The van der Waals surface area contributed by atoms with E-state index in [-0.39, 0.29) is 33.5 Å². The summed E-state index contributed by atoms with van der Waals surface area (Å²) in [6.45, 7) is 1.91. The summed E-state index contributed by atoms with van der Waals surface area (Å²) in [7, 11) is 1.54. The average Bonchev–Trinajstić information content (AvgIpc) is 2.51. The zero-order valence-electron chi connectivity index (χ0n) is 12.3. The van der Waals surface area contributed by atoms with Crippen LogP contribution in [0.3, 0.4) is 0 Å². The lowest BCUT2D eigenvalue weighted by molar-refractivity contribution is 0.0526. The third-order valence-corrected chi connectivity index (χ3v) is 4.32. The summed E-state index contributed by atoms with van der Waals surface area (Å²) in [6, 6.07) is 4.44. The molecule has 5 nitrogen and oxygen atoms in total. The van der Waals surface area contributed by atoms with Gasteiger partial charge < -0.3 is 14.6 Å². The van der Waals surface area contributed by atoms with Gasteiger partial charge in [-0.05, 0) is 19.1 Å². The molecular weight excluding hydrogens is 363 g/mol. The predicted molar refractivity (Wildman–Crippen MR) is 92.4 cm³/mol. The molecule has 2 rings (SSSR count). The van der Waals surface area contributed by atoms with E-state index in [0.29, 0.717) is 10.7 Å². The Morgan fingerprint density at radius 2 is 1.91 bits per heavy atom. The fourth-order valence-electron chi connectivity index (χ4n) is 1.87. The minimum Gasteiger partial charge on any atom is -0.462 e. The summed E-state index contributed by atoms with van der Waals surface area (Å²) < 4.78 is 6.29. The molecule has 1 aromatic heterocycles. The van der Waals surface area contributed by atoms with Gasteiger partial charge in [0.1, 0.15) is 0 Å². The molecule has 0 amide bonds. The molecule has 1 N–H and O–H groups in total. The number of esters is 1. The number of benzene rings is 1. The molecule has 0 saturated carbocycles. The molecule has 8 heteroatoms. The van der Waals surface area contributed by atoms with Gasteiger partial charge in [-0.15, -0.1) is 0 Å². The van der Waals surface area contributed by atoms with E-state index in [9.17, 15) is 9.59 Å². The first-order chi connectivity index (χ1) is 10.8. The van der Waals surface area contributed by atoms with Crippen LogP contribution in [0.15, 0.2) is 29.2 Å². The van der Waals surface area contributed by atoms with E-state index < -0.39 is 5.97 Å². The molecule has 0 spiro atoms. The van der Waals surface area contributed by atoms with Crippen LogP contribution in [0.5, 0.6) is 0 Å². The first-order valence-electron chi connectivity index (χ1n) is 6.63. The van der Waals surface area contributed by atoms with Gasteiger partial charge in [0.15, 0.2) is 0 Å². The van der Waals surface area contributed by atoms with E-state index in [1.807, 2.05) is 0 Å². The Bertz CT molecular complexity index is 818. The van der Waals surface area contributed by atoms with Crippen LogP contribution in [-0.2, 0) is 11.8 Å². The minimum atomic E-state index is -0.554. The second-order valence-electron chi connectivity index (χ2n) is 4.62. The number of halogens is 3. The number of hydrogen-bond donors (Lipinski definition) is 1. The Kier molecular flexibility index (Phi) is 5.57. The monoisotopic (exact) mass is 374 g/mol. The highest BCUT2D eigenvalue weighted by Crippen LogP contribution is 2.37. The molecule has 0 saturated heterocycles. The van der Waals surface area contributed by atoms with Crippen molar-refractivity contribution in [1.82, 2.24) is 4.57 Å². The second-order valence-corrected chi connectivity index (χ2v) is 5.78. The molecule has 0 unspecified atom stereocenters. The van der Waals surface area contributed by atoms with Gasteiger partial charge in [-0.3, -0.25) is 4.79 Å². The van der Waals surface area contributed by atoms with Crippen molar-refractivity contribution in [3.05, 3.63) is 55.4 Å². The van der Waals surface area contributed by atoms with Crippen molar-refractivity contribution in [3.63, 3.8) is 0 Å². The summed E-state index contributed by atoms with van der Waals surface area (Å²) in [4.78, 5) is 23.9. The number of hydrogen-bond acceptors (Lipinski definition) is 4. The first-order valence-corrected chi connectivity index (χ1v) is 7.76. The van der Waals surface area contributed by atoms with Crippen LogP contribution in [0.25, 0.3) is 0 Å². The molecule has 0 aliphatic rings. The molecule has 0 aliphatic heterocycles. The largest absolute Gasteiger partial charge is 0.462 e. The molecule has 0 radical (unpaired) electrons. The lowest BCUT2D eigenvalue weighted by Gasteiger charge is -2.14. The van der Waals surface area contributed by atoms with E-state index >= 15 is 0 Å². The number of rotatable bonds is 4. The molecule has 0 bridgehead atoms. The highest BCUT2D eigenvalue weighted by atomic mass is 35.5. The van der Waals surface area contributed by atoms with E-state index in [4.69, 9.17) is 39.5 Å². The molecule has 122 valence electrons. The summed E-state index contributed by atoms with van der Waals surface area (Å²) >= 11 is 18.0. The number of carbonyl (C=O) groups excluding carboxylic acids is 1. The molecule has 1 aromatic carbocycles. The van der Waals surface area contributed by atoms with E-state index in [2.05, 4.69) is 5.32 Å². The number of nitrogens with zero attached hydrogens (tertiary/aromatic N) is 1. The van der Waals surface area contributed by atoms with E-state index in [1.54, 1.807) is 26.1 Å². The van der Waals surface area contributed by atoms with E-state index in [0.717, 1.165) is 0 Å². The van der Waals surface area contributed by atoms with Crippen LogP contribution in [0.2, 0.25) is 15.1 Å². The van der Waals surface area contributed by atoms with Gasteiger partial charge in [0.05, 0.1) is 38.6 Å². The zero-order chi connectivity index (χ0) is 17.1. The van der Waals surface area contributed by atoms with Crippen molar-refractivity contribution in [2.24, 2.45) is 7.05 Å². The van der Waals surface area contributed by atoms with Crippen LogP contribution in [-0.4, -0.2) is 17.1 Å². The average molecular weight is 376 g/mol. The summed E-state index contributed by atoms with van der Waals surface area (Å²) in [5, 5.41) is 3.60. The van der Waals surface area contributed by atoms with Gasteiger partial charge in [-0.2, -0.15) is 0 Å². The highest BCUT2D eigenvalue weighted by molar-refractivity contribution is 6.49. The third-order valence-electron chi connectivity index (χ3n) is 3.03. The molecule has 1 heterocycles. The number of nitrogens with one attached hydrogen (secondary N) is 1. The Balaban J connectivity index is 2.51. The maximum atomic E-state index is 12.1. The fourth-order valence-corrected chi connectivity index (χ4v) is 2.45. The normalized spacial score (nSPS) is 10.5. The number of pyridine rings is 1. The maximum Gasteiger partial charge on any atom is 0.341 e. The summed E-state index contributed by atoms with van der Waals surface area (Å²) in [6.07, 6.45) is 1.40. The van der Waals surface area contributed by atoms with Crippen molar-refractivity contribution in [1.29, 1.82) is 0 Å². The number of aromatic nitrogens is 1. The van der Waals surface area contributed by atoms with Crippen LogP contribution in [0.1, 0.15) is 17.3 Å². The number of aryl methyl sites for hydroxylation is 1. The van der Waals surface area contributed by atoms with Crippen molar-refractivity contribution in [2.45, 2.75) is 6.92 Å².